The fourth-order valence-corrected chi connectivity index (χ4v) is 2.91. The van der Waals surface area contributed by atoms with E-state index in [0.29, 0.717) is 6.10 Å². The van der Waals surface area contributed by atoms with Crippen LogP contribution in [0.5, 0.6) is 0 Å². The molecule has 2 nitrogen and oxygen atoms in total. The Balaban J connectivity index is 2.42. The lowest BCUT2D eigenvalue weighted by Crippen LogP contribution is -2.35. The topological polar surface area (TPSA) is 21.3 Å². The third-order valence-electron chi connectivity index (χ3n) is 4.13. The summed E-state index contributed by atoms with van der Waals surface area (Å²) < 4.78 is 5.86. The zero-order chi connectivity index (χ0) is 12.7. The van der Waals surface area contributed by atoms with Crippen molar-refractivity contribution in [3.63, 3.8) is 0 Å². The minimum absolute atomic E-state index is 0.372. The lowest BCUT2D eigenvalue weighted by Gasteiger charge is -2.36. The van der Waals surface area contributed by atoms with Crippen molar-refractivity contribution in [2.75, 3.05) is 19.7 Å². The van der Waals surface area contributed by atoms with E-state index < -0.39 is 0 Å². The molecule has 0 aromatic carbocycles. The van der Waals surface area contributed by atoms with Crippen LogP contribution in [0.3, 0.4) is 0 Å². The maximum atomic E-state index is 5.86. The minimum Gasteiger partial charge on any atom is -0.378 e. The van der Waals surface area contributed by atoms with Gasteiger partial charge in [-0.15, -0.1) is 0 Å². The molecule has 0 radical (unpaired) electrons. The zero-order valence-electron chi connectivity index (χ0n) is 12.2. The molecule has 1 saturated carbocycles. The van der Waals surface area contributed by atoms with E-state index in [-0.39, 0.29) is 0 Å². The summed E-state index contributed by atoms with van der Waals surface area (Å²) in [7, 11) is 0. The molecular weight excluding hydrogens is 210 g/mol. The van der Waals surface area contributed by atoms with Crippen molar-refractivity contribution in [1.29, 1.82) is 0 Å². The molecule has 0 bridgehead atoms. The van der Waals surface area contributed by atoms with Crippen LogP contribution in [0.2, 0.25) is 0 Å². The SMILES string of the molecule is CCNCC1CCC(CC)CC1COC(C)C. The molecule has 3 atom stereocenters. The van der Waals surface area contributed by atoms with Crippen LogP contribution in [-0.4, -0.2) is 25.8 Å². The predicted molar refractivity (Wildman–Crippen MR) is 74.2 cm³/mol. The fourth-order valence-electron chi connectivity index (χ4n) is 2.91. The molecule has 0 spiro atoms. The van der Waals surface area contributed by atoms with E-state index in [1.807, 2.05) is 0 Å². The molecule has 1 aliphatic carbocycles. The van der Waals surface area contributed by atoms with Gasteiger partial charge in [-0.25, -0.2) is 0 Å². The molecule has 1 fully saturated rings. The van der Waals surface area contributed by atoms with Crippen molar-refractivity contribution in [2.45, 2.75) is 59.5 Å². The Kier molecular flexibility index (Phi) is 7.14. The molecule has 1 aliphatic rings. The summed E-state index contributed by atoms with van der Waals surface area (Å²) in [6.07, 6.45) is 5.89. The van der Waals surface area contributed by atoms with Gasteiger partial charge in [0.1, 0.15) is 0 Å². The van der Waals surface area contributed by atoms with Gasteiger partial charge < -0.3 is 10.1 Å². The first-order valence-electron chi connectivity index (χ1n) is 7.49. The highest BCUT2D eigenvalue weighted by Crippen LogP contribution is 2.35. The molecule has 0 aliphatic heterocycles. The number of nitrogens with one attached hydrogen (secondary N) is 1. The Labute approximate surface area is 108 Å². The smallest absolute Gasteiger partial charge is 0.0519 e. The van der Waals surface area contributed by atoms with E-state index in [9.17, 15) is 0 Å². The highest BCUT2D eigenvalue weighted by atomic mass is 16.5. The molecule has 0 saturated heterocycles. The van der Waals surface area contributed by atoms with Gasteiger partial charge in [-0.1, -0.05) is 26.7 Å². The van der Waals surface area contributed by atoms with Crippen LogP contribution < -0.4 is 5.32 Å². The fraction of sp³-hybridized carbons (Fsp3) is 1.00. The molecular formula is C15H31NO. The van der Waals surface area contributed by atoms with E-state index in [0.717, 1.165) is 30.9 Å². The molecule has 102 valence electrons. The molecule has 0 amide bonds. The predicted octanol–water partition coefficient (Wildman–Crippen LogP) is 3.46. The average molecular weight is 241 g/mol. The largest absolute Gasteiger partial charge is 0.378 e. The second-order valence-electron chi connectivity index (χ2n) is 5.80. The van der Waals surface area contributed by atoms with Crippen LogP contribution in [0.25, 0.3) is 0 Å². The first-order chi connectivity index (χ1) is 8.17. The Bertz CT molecular complexity index is 193. The van der Waals surface area contributed by atoms with Gasteiger partial charge in [-0.2, -0.15) is 0 Å². The first kappa shape index (κ1) is 15.0. The molecule has 1 rings (SSSR count). The Morgan fingerprint density at radius 2 is 1.94 bits per heavy atom. The Hall–Kier alpha value is -0.0800. The first-order valence-corrected chi connectivity index (χ1v) is 7.49. The molecule has 0 heterocycles. The molecule has 17 heavy (non-hydrogen) atoms. The van der Waals surface area contributed by atoms with Gasteiger partial charge in [0.2, 0.25) is 0 Å². The highest BCUT2D eigenvalue weighted by Gasteiger charge is 2.29. The summed E-state index contributed by atoms with van der Waals surface area (Å²) in [5, 5.41) is 3.51. The molecule has 0 aromatic heterocycles. The van der Waals surface area contributed by atoms with Crippen molar-refractivity contribution in [2.24, 2.45) is 17.8 Å². The number of hydrogen-bond acceptors (Lipinski definition) is 2. The van der Waals surface area contributed by atoms with Gasteiger partial charge in [-0.05, 0) is 57.5 Å². The zero-order valence-corrected chi connectivity index (χ0v) is 12.2. The van der Waals surface area contributed by atoms with Gasteiger partial charge >= 0.3 is 0 Å². The van der Waals surface area contributed by atoms with E-state index in [2.05, 4.69) is 33.0 Å². The van der Waals surface area contributed by atoms with Crippen molar-refractivity contribution in [3.05, 3.63) is 0 Å². The van der Waals surface area contributed by atoms with Crippen LogP contribution in [0, 0.1) is 17.8 Å². The van der Waals surface area contributed by atoms with Crippen LogP contribution in [0.1, 0.15) is 53.4 Å². The highest BCUT2D eigenvalue weighted by molar-refractivity contribution is 4.81. The van der Waals surface area contributed by atoms with Crippen LogP contribution in [-0.2, 0) is 4.74 Å². The monoisotopic (exact) mass is 241 g/mol. The van der Waals surface area contributed by atoms with Crippen molar-refractivity contribution in [1.82, 2.24) is 5.32 Å². The van der Waals surface area contributed by atoms with E-state index in [1.54, 1.807) is 0 Å². The summed E-state index contributed by atoms with van der Waals surface area (Å²) in [5.74, 6) is 2.54. The van der Waals surface area contributed by atoms with Gasteiger partial charge in [0, 0.05) is 0 Å². The lowest BCUT2D eigenvalue weighted by atomic mass is 9.73. The summed E-state index contributed by atoms with van der Waals surface area (Å²) in [6.45, 7) is 12.0. The lowest BCUT2D eigenvalue weighted by molar-refractivity contribution is 0.0122. The number of hydrogen-bond donors (Lipinski definition) is 1. The van der Waals surface area contributed by atoms with Crippen LogP contribution in [0.4, 0.5) is 0 Å². The van der Waals surface area contributed by atoms with Crippen molar-refractivity contribution < 1.29 is 4.74 Å². The van der Waals surface area contributed by atoms with E-state index >= 15 is 0 Å². The van der Waals surface area contributed by atoms with Crippen LogP contribution >= 0.6 is 0 Å². The average Bonchev–Trinajstić information content (AvgIpc) is 2.34. The maximum absolute atomic E-state index is 5.86. The third-order valence-corrected chi connectivity index (χ3v) is 4.13. The molecule has 1 N–H and O–H groups in total. The minimum atomic E-state index is 0.372. The van der Waals surface area contributed by atoms with E-state index in [4.69, 9.17) is 4.74 Å². The Morgan fingerprint density at radius 3 is 2.53 bits per heavy atom. The third kappa shape index (κ3) is 5.39. The molecule has 0 aromatic rings. The normalized spacial score (nSPS) is 29.8. The van der Waals surface area contributed by atoms with Gasteiger partial charge in [0.25, 0.3) is 0 Å². The molecule has 2 heteroatoms. The number of ether oxygens (including phenoxy) is 1. The summed E-state index contributed by atoms with van der Waals surface area (Å²) >= 11 is 0. The summed E-state index contributed by atoms with van der Waals surface area (Å²) in [6, 6.07) is 0. The number of rotatable bonds is 7. The molecule has 3 unspecified atom stereocenters. The van der Waals surface area contributed by atoms with Crippen LogP contribution in [0.15, 0.2) is 0 Å². The van der Waals surface area contributed by atoms with Gasteiger partial charge in [-0.3, -0.25) is 0 Å². The van der Waals surface area contributed by atoms with E-state index in [1.165, 1.54) is 32.2 Å². The summed E-state index contributed by atoms with van der Waals surface area (Å²) in [4.78, 5) is 0. The quantitative estimate of drug-likeness (QED) is 0.737. The van der Waals surface area contributed by atoms with Crippen molar-refractivity contribution >= 4 is 0 Å². The standard InChI is InChI=1S/C15H31NO/c1-5-13-7-8-14(10-16-6-2)15(9-13)11-17-12(3)4/h12-16H,5-11H2,1-4H3. The second kappa shape index (κ2) is 8.10. The van der Waals surface area contributed by atoms with Gasteiger partial charge in [0.05, 0.1) is 12.7 Å². The maximum Gasteiger partial charge on any atom is 0.0519 e. The summed E-state index contributed by atoms with van der Waals surface area (Å²) in [5.41, 5.74) is 0. The van der Waals surface area contributed by atoms with Crippen molar-refractivity contribution in [3.8, 4) is 0 Å². The van der Waals surface area contributed by atoms with Gasteiger partial charge in [0.15, 0.2) is 0 Å². The Morgan fingerprint density at radius 1 is 1.18 bits per heavy atom. The second-order valence-corrected chi connectivity index (χ2v) is 5.80.